The standard InChI is InChI=1S/C38H39N3O6/c1-6-46-32-21-27(13-15-30(32)47-22-26-10-8-7-9-11-26)37-34-35(33-24(3)18-23(2)19-28(33)42)39-40-36(34)38(43)41(37)17-16-25-12-14-29(44-4)31(20-25)45-5/h7-15,18-21,37,42H,6,16-17,22H2,1-5H3,(H,39,40). The monoisotopic (exact) mass is 633 g/mol. The summed E-state index contributed by atoms with van der Waals surface area (Å²) in [5, 5.41) is 18.7. The summed E-state index contributed by atoms with van der Waals surface area (Å²) in [6.07, 6.45) is 0.570. The number of carbonyl (C=O) groups is 1. The number of aromatic nitrogens is 2. The van der Waals surface area contributed by atoms with Gasteiger partial charge in [0.1, 0.15) is 23.7 Å². The van der Waals surface area contributed by atoms with E-state index in [2.05, 4.69) is 10.2 Å². The number of nitrogens with one attached hydrogen (secondary N) is 1. The van der Waals surface area contributed by atoms with Crippen molar-refractivity contribution in [1.29, 1.82) is 0 Å². The van der Waals surface area contributed by atoms with Gasteiger partial charge in [0.15, 0.2) is 23.0 Å². The number of aromatic hydroxyl groups is 1. The van der Waals surface area contributed by atoms with E-state index in [1.807, 2.05) is 98.5 Å². The summed E-state index contributed by atoms with van der Waals surface area (Å²) in [4.78, 5) is 16.0. The van der Waals surface area contributed by atoms with Crippen molar-refractivity contribution in [3.05, 3.63) is 118 Å². The molecular weight excluding hydrogens is 594 g/mol. The number of phenolic OH excluding ortho intramolecular Hbond substituents is 1. The fraction of sp³-hybridized carbons (Fsp3) is 0.263. The zero-order valence-electron chi connectivity index (χ0n) is 27.3. The Bertz CT molecular complexity index is 1880. The van der Waals surface area contributed by atoms with Gasteiger partial charge in [-0.15, -0.1) is 0 Å². The molecule has 1 amide bonds. The van der Waals surface area contributed by atoms with Crippen molar-refractivity contribution in [3.8, 4) is 40.0 Å². The summed E-state index contributed by atoms with van der Waals surface area (Å²) in [6.45, 7) is 7.05. The number of H-pyrrole nitrogens is 1. The van der Waals surface area contributed by atoms with Gasteiger partial charge in [0, 0.05) is 17.7 Å². The summed E-state index contributed by atoms with van der Waals surface area (Å²) in [6, 6.07) is 24.8. The van der Waals surface area contributed by atoms with Crippen molar-refractivity contribution in [2.24, 2.45) is 0 Å². The zero-order valence-corrected chi connectivity index (χ0v) is 27.3. The van der Waals surface area contributed by atoms with Crippen LogP contribution in [0.1, 0.15) is 56.8 Å². The molecule has 2 heterocycles. The minimum atomic E-state index is -0.506. The van der Waals surface area contributed by atoms with Crippen molar-refractivity contribution >= 4 is 5.91 Å². The number of carbonyl (C=O) groups excluding carboxylic acids is 1. The van der Waals surface area contributed by atoms with Gasteiger partial charge in [0.2, 0.25) is 0 Å². The van der Waals surface area contributed by atoms with Crippen LogP contribution in [0, 0.1) is 13.8 Å². The van der Waals surface area contributed by atoms with E-state index in [0.29, 0.717) is 71.7 Å². The van der Waals surface area contributed by atoms with Crippen LogP contribution in [0.3, 0.4) is 0 Å². The molecule has 1 aliphatic heterocycles. The molecule has 9 nitrogen and oxygen atoms in total. The van der Waals surface area contributed by atoms with Crippen LogP contribution in [0.5, 0.6) is 28.7 Å². The lowest BCUT2D eigenvalue weighted by Gasteiger charge is -2.27. The number of rotatable bonds is 12. The number of fused-ring (bicyclic) bond motifs is 1. The highest BCUT2D eigenvalue weighted by molar-refractivity contribution is 6.00. The Morgan fingerprint density at radius 3 is 2.34 bits per heavy atom. The van der Waals surface area contributed by atoms with E-state index in [1.165, 1.54) is 0 Å². The van der Waals surface area contributed by atoms with Crippen LogP contribution in [0.15, 0.2) is 78.9 Å². The second kappa shape index (κ2) is 13.5. The van der Waals surface area contributed by atoms with Gasteiger partial charge in [-0.3, -0.25) is 9.89 Å². The number of hydrogen-bond donors (Lipinski definition) is 2. The summed E-state index contributed by atoms with van der Waals surface area (Å²) in [5.41, 5.74) is 6.94. The molecule has 1 unspecified atom stereocenters. The van der Waals surface area contributed by atoms with Gasteiger partial charge in [-0.05, 0) is 85.3 Å². The molecule has 0 bridgehead atoms. The number of hydrogen-bond acceptors (Lipinski definition) is 7. The minimum Gasteiger partial charge on any atom is -0.507 e. The topological polar surface area (TPSA) is 106 Å². The molecule has 0 fully saturated rings. The number of aryl methyl sites for hydroxylation is 2. The molecule has 4 aromatic carbocycles. The van der Waals surface area contributed by atoms with E-state index < -0.39 is 6.04 Å². The molecule has 6 rings (SSSR count). The lowest BCUT2D eigenvalue weighted by molar-refractivity contribution is 0.0745. The molecule has 0 aliphatic carbocycles. The number of methoxy groups -OCH3 is 2. The average molecular weight is 634 g/mol. The van der Waals surface area contributed by atoms with Crippen molar-refractivity contribution < 1.29 is 28.8 Å². The number of ether oxygens (including phenoxy) is 4. The molecule has 242 valence electrons. The lowest BCUT2D eigenvalue weighted by Crippen LogP contribution is -2.31. The summed E-state index contributed by atoms with van der Waals surface area (Å²) in [5.74, 6) is 2.41. The quantitative estimate of drug-likeness (QED) is 0.150. The van der Waals surface area contributed by atoms with E-state index in [1.54, 1.807) is 20.3 Å². The molecular formula is C38H39N3O6. The minimum absolute atomic E-state index is 0.117. The third-order valence-electron chi connectivity index (χ3n) is 8.47. The van der Waals surface area contributed by atoms with Crippen LogP contribution in [0.25, 0.3) is 11.3 Å². The number of aromatic amines is 1. The molecule has 1 aliphatic rings. The predicted octanol–water partition coefficient (Wildman–Crippen LogP) is 7.18. The van der Waals surface area contributed by atoms with Crippen LogP contribution in [0.4, 0.5) is 0 Å². The number of amides is 1. The third-order valence-corrected chi connectivity index (χ3v) is 8.47. The zero-order chi connectivity index (χ0) is 33.1. The predicted molar refractivity (Wildman–Crippen MR) is 180 cm³/mol. The van der Waals surface area contributed by atoms with Gasteiger partial charge in [0.05, 0.1) is 26.9 Å². The fourth-order valence-electron chi connectivity index (χ4n) is 6.32. The first-order chi connectivity index (χ1) is 22.8. The van der Waals surface area contributed by atoms with Gasteiger partial charge in [-0.1, -0.05) is 48.5 Å². The largest absolute Gasteiger partial charge is 0.507 e. The molecule has 47 heavy (non-hydrogen) atoms. The molecule has 0 spiro atoms. The Kier molecular flexibility index (Phi) is 9.06. The number of phenols is 1. The van der Waals surface area contributed by atoms with E-state index in [0.717, 1.165) is 27.8 Å². The maximum Gasteiger partial charge on any atom is 0.273 e. The second-order valence-electron chi connectivity index (χ2n) is 11.6. The van der Waals surface area contributed by atoms with Crippen molar-refractivity contribution in [2.75, 3.05) is 27.4 Å². The maximum atomic E-state index is 14.1. The summed E-state index contributed by atoms with van der Waals surface area (Å²) >= 11 is 0. The van der Waals surface area contributed by atoms with Crippen molar-refractivity contribution in [3.63, 3.8) is 0 Å². The molecule has 1 aromatic heterocycles. The lowest BCUT2D eigenvalue weighted by atomic mass is 9.93. The highest BCUT2D eigenvalue weighted by atomic mass is 16.5. The highest BCUT2D eigenvalue weighted by Crippen LogP contribution is 2.47. The van der Waals surface area contributed by atoms with Crippen LogP contribution in [-0.4, -0.2) is 53.5 Å². The van der Waals surface area contributed by atoms with Crippen molar-refractivity contribution in [2.45, 2.75) is 39.8 Å². The summed E-state index contributed by atoms with van der Waals surface area (Å²) < 4.78 is 23.2. The summed E-state index contributed by atoms with van der Waals surface area (Å²) in [7, 11) is 3.21. The third kappa shape index (κ3) is 6.21. The second-order valence-corrected chi connectivity index (χ2v) is 11.6. The van der Waals surface area contributed by atoms with Gasteiger partial charge < -0.3 is 29.0 Å². The number of nitrogens with zero attached hydrogens (tertiary/aromatic N) is 2. The molecule has 0 saturated carbocycles. The van der Waals surface area contributed by atoms with Gasteiger partial charge in [-0.2, -0.15) is 5.10 Å². The van der Waals surface area contributed by atoms with Crippen LogP contribution in [-0.2, 0) is 13.0 Å². The highest BCUT2D eigenvalue weighted by Gasteiger charge is 2.43. The average Bonchev–Trinajstić information content (AvgIpc) is 3.61. The first-order valence-electron chi connectivity index (χ1n) is 15.7. The molecule has 0 saturated heterocycles. The normalized spacial score (nSPS) is 13.9. The van der Waals surface area contributed by atoms with E-state index in [4.69, 9.17) is 18.9 Å². The molecule has 0 radical (unpaired) electrons. The van der Waals surface area contributed by atoms with Gasteiger partial charge in [-0.25, -0.2) is 0 Å². The molecule has 1 atom stereocenters. The smallest absolute Gasteiger partial charge is 0.273 e. The van der Waals surface area contributed by atoms with E-state index in [9.17, 15) is 9.90 Å². The molecule has 2 N–H and O–H groups in total. The van der Waals surface area contributed by atoms with Crippen LogP contribution >= 0.6 is 0 Å². The van der Waals surface area contributed by atoms with E-state index in [-0.39, 0.29) is 11.7 Å². The Balaban J connectivity index is 1.41. The van der Waals surface area contributed by atoms with Gasteiger partial charge in [0.25, 0.3) is 5.91 Å². The SMILES string of the molecule is CCOc1cc(C2c3c(-c4c(C)cc(C)cc4O)n[nH]c3C(=O)N2CCc2ccc(OC)c(OC)c2)ccc1OCc1ccccc1. The first kappa shape index (κ1) is 31.5. The Morgan fingerprint density at radius 2 is 1.62 bits per heavy atom. The molecule has 9 heteroatoms. The van der Waals surface area contributed by atoms with E-state index >= 15 is 0 Å². The van der Waals surface area contributed by atoms with Crippen LogP contribution in [0.2, 0.25) is 0 Å². The van der Waals surface area contributed by atoms with Gasteiger partial charge >= 0.3 is 0 Å². The first-order valence-corrected chi connectivity index (χ1v) is 15.7. The Labute approximate surface area is 274 Å². The number of benzene rings is 4. The Morgan fingerprint density at radius 1 is 0.851 bits per heavy atom. The van der Waals surface area contributed by atoms with Crippen molar-refractivity contribution in [1.82, 2.24) is 15.1 Å². The fourth-order valence-corrected chi connectivity index (χ4v) is 6.32. The Hall–Kier alpha value is -5.44. The van der Waals surface area contributed by atoms with Crippen LogP contribution < -0.4 is 18.9 Å². The maximum absolute atomic E-state index is 14.1. The molecule has 5 aromatic rings.